The lowest BCUT2D eigenvalue weighted by molar-refractivity contribution is 0.0847. The van der Waals surface area contributed by atoms with Gasteiger partial charge in [-0.1, -0.05) is 6.92 Å². The minimum atomic E-state index is -0.385. The molecule has 0 rings (SSSR count). The summed E-state index contributed by atoms with van der Waals surface area (Å²) in [5, 5.41) is 2.58. The monoisotopic (exact) mass is 174 g/mol. The minimum Gasteiger partial charge on any atom is -0.447 e. The fourth-order valence-corrected chi connectivity index (χ4v) is 0.573. The molecule has 0 aliphatic heterocycles. The Morgan fingerprint density at radius 2 is 2.25 bits per heavy atom. The van der Waals surface area contributed by atoms with Crippen LogP contribution in [0, 0.1) is 6.92 Å². The third kappa shape index (κ3) is 7.34. The molecule has 0 aromatic heterocycles. The molecule has 0 heterocycles. The van der Waals surface area contributed by atoms with E-state index in [9.17, 15) is 4.79 Å². The van der Waals surface area contributed by atoms with E-state index < -0.39 is 0 Å². The molecule has 0 unspecified atom stereocenters. The Kier molecular flexibility index (Phi) is 7.79. The molecular weight excluding hydrogens is 158 g/mol. The maximum absolute atomic E-state index is 10.8. The van der Waals surface area contributed by atoms with Crippen LogP contribution in [0.3, 0.4) is 0 Å². The molecule has 1 amide bonds. The van der Waals surface area contributed by atoms with Crippen molar-refractivity contribution in [2.24, 2.45) is 0 Å². The summed E-state index contributed by atoms with van der Waals surface area (Å²) in [4.78, 5) is 10.8. The molecule has 0 aromatic carbocycles. The number of carbonyl (C=O) groups excluding carboxylic acids is 1. The van der Waals surface area contributed by atoms with Crippen LogP contribution in [0.2, 0.25) is 0 Å². The summed E-state index contributed by atoms with van der Waals surface area (Å²) < 4.78 is 9.62. The predicted octanol–water partition coefficient (Wildman–Crippen LogP) is 0.973. The van der Waals surface area contributed by atoms with Gasteiger partial charge < -0.3 is 14.8 Å². The predicted molar refractivity (Wildman–Crippen MR) is 45.8 cm³/mol. The van der Waals surface area contributed by atoms with Crippen molar-refractivity contribution in [3.05, 3.63) is 6.92 Å². The first kappa shape index (κ1) is 11.2. The van der Waals surface area contributed by atoms with Crippen LogP contribution in [0.1, 0.15) is 13.3 Å². The van der Waals surface area contributed by atoms with Gasteiger partial charge in [-0.15, -0.1) is 0 Å². The van der Waals surface area contributed by atoms with Crippen molar-refractivity contribution >= 4 is 6.09 Å². The third-order valence-corrected chi connectivity index (χ3v) is 1.12. The summed E-state index contributed by atoms with van der Waals surface area (Å²) >= 11 is 0. The van der Waals surface area contributed by atoms with Crippen molar-refractivity contribution in [2.75, 3.05) is 26.4 Å². The van der Waals surface area contributed by atoms with Crippen LogP contribution in [-0.4, -0.2) is 32.5 Å². The van der Waals surface area contributed by atoms with Gasteiger partial charge in [-0.05, 0) is 13.3 Å². The van der Waals surface area contributed by atoms with Gasteiger partial charge in [0.1, 0.15) is 6.61 Å². The van der Waals surface area contributed by atoms with Crippen molar-refractivity contribution in [3.8, 4) is 0 Å². The van der Waals surface area contributed by atoms with Crippen LogP contribution in [0.25, 0.3) is 0 Å². The average molecular weight is 174 g/mol. The summed E-state index contributed by atoms with van der Waals surface area (Å²) in [7, 11) is 0. The van der Waals surface area contributed by atoms with E-state index in [1.165, 1.54) is 0 Å². The molecule has 71 valence electrons. The van der Waals surface area contributed by atoms with Gasteiger partial charge in [0.05, 0.1) is 6.61 Å². The number of hydrogen-bond donors (Lipinski definition) is 1. The molecule has 4 heteroatoms. The number of amides is 1. The molecular formula is C8H16NO3. The lowest BCUT2D eigenvalue weighted by atomic mass is 10.5. The van der Waals surface area contributed by atoms with E-state index in [0.29, 0.717) is 19.8 Å². The highest BCUT2D eigenvalue weighted by atomic mass is 16.6. The van der Waals surface area contributed by atoms with Gasteiger partial charge in [0.15, 0.2) is 0 Å². The van der Waals surface area contributed by atoms with Crippen LogP contribution < -0.4 is 5.32 Å². The molecule has 0 aliphatic rings. The Bertz CT molecular complexity index is 117. The standard InChI is InChI=1S/C8H16NO3/c1-3-5-9-8(10)12-7-6-11-4-2/h2-7H2,1H3,(H,9,10). The van der Waals surface area contributed by atoms with E-state index in [-0.39, 0.29) is 12.7 Å². The fourth-order valence-electron chi connectivity index (χ4n) is 0.573. The molecule has 0 spiro atoms. The highest BCUT2D eigenvalue weighted by molar-refractivity contribution is 5.66. The molecule has 0 saturated carbocycles. The maximum Gasteiger partial charge on any atom is 0.407 e. The van der Waals surface area contributed by atoms with E-state index in [0.717, 1.165) is 6.42 Å². The lowest BCUT2D eigenvalue weighted by Gasteiger charge is -2.05. The van der Waals surface area contributed by atoms with Gasteiger partial charge in [0, 0.05) is 13.2 Å². The molecule has 0 aromatic rings. The van der Waals surface area contributed by atoms with Crippen LogP contribution in [0.15, 0.2) is 0 Å². The van der Waals surface area contributed by atoms with Gasteiger partial charge in [-0.2, -0.15) is 0 Å². The summed E-state index contributed by atoms with van der Waals surface area (Å²) in [5.41, 5.74) is 0. The van der Waals surface area contributed by atoms with Crippen molar-refractivity contribution in [1.29, 1.82) is 0 Å². The van der Waals surface area contributed by atoms with Gasteiger partial charge in [0.2, 0.25) is 0 Å². The number of nitrogens with one attached hydrogen (secondary N) is 1. The van der Waals surface area contributed by atoms with Crippen LogP contribution in [0.4, 0.5) is 4.79 Å². The molecule has 12 heavy (non-hydrogen) atoms. The topological polar surface area (TPSA) is 47.6 Å². The molecule has 4 nitrogen and oxygen atoms in total. The summed E-state index contributed by atoms with van der Waals surface area (Å²) in [5.74, 6) is 0. The first-order valence-electron chi connectivity index (χ1n) is 4.08. The van der Waals surface area contributed by atoms with E-state index in [1.54, 1.807) is 0 Å². The highest BCUT2D eigenvalue weighted by Gasteiger charge is 1.98. The Labute approximate surface area is 73.2 Å². The van der Waals surface area contributed by atoms with Crippen LogP contribution >= 0.6 is 0 Å². The molecule has 0 aliphatic carbocycles. The second kappa shape index (κ2) is 8.33. The zero-order chi connectivity index (χ0) is 9.23. The zero-order valence-electron chi connectivity index (χ0n) is 7.47. The molecule has 0 saturated heterocycles. The molecule has 0 fully saturated rings. The smallest absolute Gasteiger partial charge is 0.407 e. The Hall–Kier alpha value is -0.770. The number of ether oxygens (including phenoxy) is 2. The second-order valence-electron chi connectivity index (χ2n) is 2.18. The second-order valence-corrected chi connectivity index (χ2v) is 2.18. The molecule has 1 radical (unpaired) electrons. The van der Waals surface area contributed by atoms with Crippen LogP contribution in [0.5, 0.6) is 0 Å². The third-order valence-electron chi connectivity index (χ3n) is 1.12. The van der Waals surface area contributed by atoms with E-state index in [2.05, 4.69) is 12.2 Å². The van der Waals surface area contributed by atoms with Gasteiger partial charge in [0.25, 0.3) is 0 Å². The Morgan fingerprint density at radius 3 is 2.83 bits per heavy atom. The van der Waals surface area contributed by atoms with Gasteiger partial charge in [-0.3, -0.25) is 0 Å². The average Bonchev–Trinajstić information content (AvgIpc) is 2.09. The van der Waals surface area contributed by atoms with Crippen molar-refractivity contribution < 1.29 is 14.3 Å². The van der Waals surface area contributed by atoms with E-state index in [4.69, 9.17) is 9.47 Å². The van der Waals surface area contributed by atoms with E-state index in [1.807, 2.05) is 6.92 Å². The van der Waals surface area contributed by atoms with Gasteiger partial charge >= 0.3 is 6.09 Å². The maximum atomic E-state index is 10.8. The summed E-state index contributed by atoms with van der Waals surface area (Å²) in [6.07, 6.45) is 0.523. The van der Waals surface area contributed by atoms with E-state index >= 15 is 0 Å². The zero-order valence-corrected chi connectivity index (χ0v) is 7.47. The Balaban J connectivity index is 3.08. The number of hydrogen-bond acceptors (Lipinski definition) is 3. The number of rotatable bonds is 6. The van der Waals surface area contributed by atoms with Crippen LogP contribution in [-0.2, 0) is 9.47 Å². The molecule has 0 bridgehead atoms. The lowest BCUT2D eigenvalue weighted by Crippen LogP contribution is -2.26. The highest BCUT2D eigenvalue weighted by Crippen LogP contribution is 1.80. The SMILES string of the molecule is [CH2]COCCOC(=O)NCCC. The largest absolute Gasteiger partial charge is 0.447 e. The number of alkyl carbamates (subject to hydrolysis) is 1. The summed E-state index contributed by atoms with van der Waals surface area (Å²) in [6, 6.07) is 0. The number of carbonyl (C=O) groups is 1. The fraction of sp³-hybridized carbons (Fsp3) is 0.750. The first-order valence-corrected chi connectivity index (χ1v) is 4.08. The van der Waals surface area contributed by atoms with Crippen molar-refractivity contribution in [1.82, 2.24) is 5.32 Å². The first-order chi connectivity index (χ1) is 5.81. The molecule has 1 N–H and O–H groups in total. The minimum absolute atomic E-state index is 0.283. The molecule has 0 atom stereocenters. The van der Waals surface area contributed by atoms with Gasteiger partial charge in [-0.25, -0.2) is 4.79 Å². The van der Waals surface area contributed by atoms with Crippen molar-refractivity contribution in [3.63, 3.8) is 0 Å². The van der Waals surface area contributed by atoms with Crippen molar-refractivity contribution in [2.45, 2.75) is 13.3 Å². The normalized spacial score (nSPS) is 9.50. The summed E-state index contributed by atoms with van der Waals surface area (Å²) in [6.45, 7) is 7.19. The quantitative estimate of drug-likeness (QED) is 0.610. The Morgan fingerprint density at radius 1 is 1.50 bits per heavy atom.